The molecule has 0 radical (unpaired) electrons. The van der Waals surface area contributed by atoms with Gasteiger partial charge in [-0.25, -0.2) is 0 Å². The molecule has 2 heteroatoms. The van der Waals surface area contributed by atoms with Crippen molar-refractivity contribution in [2.75, 3.05) is 6.61 Å². The first-order valence-corrected chi connectivity index (χ1v) is 4.07. The van der Waals surface area contributed by atoms with Crippen molar-refractivity contribution in [2.24, 2.45) is 0 Å². The van der Waals surface area contributed by atoms with Crippen molar-refractivity contribution in [1.29, 1.82) is 0 Å². The van der Waals surface area contributed by atoms with Gasteiger partial charge in [0.2, 0.25) is 0 Å². The van der Waals surface area contributed by atoms with E-state index in [4.69, 9.17) is 9.52 Å². The molecule has 0 amide bonds. The molecule has 1 rings (SSSR count). The SMILES string of the molecule is OC/C=C/C=C/C=Cc1ccco1. The maximum Gasteiger partial charge on any atom is 0.126 e. The Hall–Kier alpha value is -1.54. The summed E-state index contributed by atoms with van der Waals surface area (Å²) in [5.41, 5.74) is 0. The molecule has 0 aliphatic heterocycles. The predicted molar refractivity (Wildman–Crippen MR) is 53.1 cm³/mol. The fourth-order valence-corrected chi connectivity index (χ4v) is 0.804. The molecule has 0 aromatic carbocycles. The molecule has 1 aromatic rings. The van der Waals surface area contributed by atoms with Crippen LogP contribution in [0.25, 0.3) is 6.08 Å². The lowest BCUT2D eigenvalue weighted by Crippen LogP contribution is -1.67. The summed E-state index contributed by atoms with van der Waals surface area (Å²) in [6, 6.07) is 3.73. The molecule has 1 aromatic heterocycles. The number of aliphatic hydroxyl groups excluding tert-OH is 1. The number of aliphatic hydroxyl groups is 1. The van der Waals surface area contributed by atoms with Crippen LogP contribution >= 0.6 is 0 Å². The highest BCUT2D eigenvalue weighted by Crippen LogP contribution is 2.01. The Bertz CT molecular complexity index is 292. The van der Waals surface area contributed by atoms with E-state index < -0.39 is 0 Å². The maximum atomic E-state index is 8.42. The monoisotopic (exact) mass is 176 g/mol. The van der Waals surface area contributed by atoms with Gasteiger partial charge in [0.15, 0.2) is 0 Å². The summed E-state index contributed by atoms with van der Waals surface area (Å²) in [4.78, 5) is 0. The van der Waals surface area contributed by atoms with Crippen LogP contribution < -0.4 is 0 Å². The molecule has 0 atom stereocenters. The van der Waals surface area contributed by atoms with Gasteiger partial charge in [0.25, 0.3) is 0 Å². The molecule has 0 aliphatic rings. The largest absolute Gasteiger partial charge is 0.465 e. The fourth-order valence-electron chi connectivity index (χ4n) is 0.804. The van der Waals surface area contributed by atoms with E-state index in [1.165, 1.54) is 0 Å². The molecular weight excluding hydrogens is 164 g/mol. The smallest absolute Gasteiger partial charge is 0.126 e. The van der Waals surface area contributed by atoms with Gasteiger partial charge in [-0.2, -0.15) is 0 Å². The second-order valence-electron chi connectivity index (χ2n) is 2.37. The van der Waals surface area contributed by atoms with Crippen LogP contribution in [0.15, 0.2) is 53.2 Å². The number of rotatable bonds is 4. The summed E-state index contributed by atoms with van der Waals surface area (Å²) < 4.78 is 5.08. The van der Waals surface area contributed by atoms with Gasteiger partial charge in [0.1, 0.15) is 5.76 Å². The van der Waals surface area contributed by atoms with Crippen LogP contribution in [0.5, 0.6) is 0 Å². The minimum Gasteiger partial charge on any atom is -0.465 e. The quantitative estimate of drug-likeness (QED) is 0.714. The van der Waals surface area contributed by atoms with Gasteiger partial charge in [-0.3, -0.25) is 0 Å². The first-order chi connectivity index (χ1) is 6.43. The van der Waals surface area contributed by atoms with E-state index in [1.54, 1.807) is 18.4 Å². The third-order valence-corrected chi connectivity index (χ3v) is 1.38. The molecule has 1 heterocycles. The predicted octanol–water partition coefficient (Wildman–Crippen LogP) is 2.40. The molecule has 13 heavy (non-hydrogen) atoms. The van der Waals surface area contributed by atoms with E-state index in [0.717, 1.165) is 5.76 Å². The molecule has 0 spiro atoms. The zero-order chi connectivity index (χ0) is 9.36. The van der Waals surface area contributed by atoms with Crippen molar-refractivity contribution >= 4 is 6.08 Å². The van der Waals surface area contributed by atoms with E-state index in [9.17, 15) is 0 Å². The van der Waals surface area contributed by atoms with Gasteiger partial charge in [0.05, 0.1) is 12.9 Å². The van der Waals surface area contributed by atoms with Crippen molar-refractivity contribution in [1.82, 2.24) is 0 Å². The van der Waals surface area contributed by atoms with Gasteiger partial charge in [-0.05, 0) is 18.2 Å². The number of furan rings is 1. The zero-order valence-electron chi connectivity index (χ0n) is 7.26. The van der Waals surface area contributed by atoms with Gasteiger partial charge in [-0.15, -0.1) is 0 Å². The molecule has 0 saturated carbocycles. The van der Waals surface area contributed by atoms with Crippen LogP contribution in [0.3, 0.4) is 0 Å². The second kappa shape index (κ2) is 6.03. The topological polar surface area (TPSA) is 33.4 Å². The normalized spacial score (nSPS) is 12.4. The first-order valence-electron chi connectivity index (χ1n) is 4.07. The Kier molecular flexibility index (Phi) is 4.43. The Labute approximate surface area is 77.5 Å². The van der Waals surface area contributed by atoms with Crippen molar-refractivity contribution in [3.05, 3.63) is 54.5 Å². The number of allylic oxidation sites excluding steroid dienone is 4. The second-order valence-corrected chi connectivity index (χ2v) is 2.37. The Morgan fingerprint density at radius 2 is 2.08 bits per heavy atom. The molecule has 1 N–H and O–H groups in total. The van der Waals surface area contributed by atoms with Gasteiger partial charge >= 0.3 is 0 Å². The average Bonchev–Trinajstić information content (AvgIpc) is 2.63. The maximum absolute atomic E-state index is 8.42. The van der Waals surface area contributed by atoms with Crippen molar-refractivity contribution in [3.8, 4) is 0 Å². The lowest BCUT2D eigenvalue weighted by Gasteiger charge is -1.79. The summed E-state index contributed by atoms with van der Waals surface area (Å²) in [6.07, 6.45) is 12.5. The molecule has 0 saturated heterocycles. The van der Waals surface area contributed by atoms with E-state index in [1.807, 2.05) is 36.4 Å². The van der Waals surface area contributed by atoms with Crippen molar-refractivity contribution in [2.45, 2.75) is 0 Å². The average molecular weight is 176 g/mol. The van der Waals surface area contributed by atoms with Crippen LogP contribution in [-0.2, 0) is 0 Å². The summed E-state index contributed by atoms with van der Waals surface area (Å²) in [6.45, 7) is 0.0756. The highest BCUT2D eigenvalue weighted by atomic mass is 16.3. The molecular formula is C11H12O2. The highest BCUT2D eigenvalue weighted by Gasteiger charge is 1.83. The van der Waals surface area contributed by atoms with Crippen LogP contribution in [0, 0.1) is 0 Å². The highest BCUT2D eigenvalue weighted by molar-refractivity contribution is 5.44. The third kappa shape index (κ3) is 4.13. The fraction of sp³-hybridized carbons (Fsp3) is 0.0909. The minimum absolute atomic E-state index is 0.0756. The molecule has 68 valence electrons. The molecule has 0 fully saturated rings. The molecule has 0 bridgehead atoms. The van der Waals surface area contributed by atoms with Gasteiger partial charge in [-0.1, -0.05) is 30.4 Å². The lowest BCUT2D eigenvalue weighted by atomic mass is 10.3. The van der Waals surface area contributed by atoms with Gasteiger partial charge < -0.3 is 9.52 Å². The summed E-state index contributed by atoms with van der Waals surface area (Å²) >= 11 is 0. The Balaban J connectivity index is 2.34. The zero-order valence-corrected chi connectivity index (χ0v) is 7.26. The summed E-state index contributed by atoms with van der Waals surface area (Å²) in [5.74, 6) is 0.829. The standard InChI is InChI=1S/C11H12O2/c12-9-5-3-1-2-4-7-11-8-6-10-13-11/h1-8,10,12H,9H2/b2-1+,5-3+,7-4?. The number of hydrogen-bond acceptors (Lipinski definition) is 2. The van der Waals surface area contributed by atoms with E-state index in [0.29, 0.717) is 0 Å². The Morgan fingerprint density at radius 1 is 1.23 bits per heavy atom. The van der Waals surface area contributed by atoms with Crippen LogP contribution in [0.2, 0.25) is 0 Å². The summed E-state index contributed by atoms with van der Waals surface area (Å²) in [7, 11) is 0. The van der Waals surface area contributed by atoms with Crippen LogP contribution in [-0.4, -0.2) is 11.7 Å². The van der Waals surface area contributed by atoms with Crippen molar-refractivity contribution < 1.29 is 9.52 Å². The lowest BCUT2D eigenvalue weighted by molar-refractivity contribution is 0.343. The third-order valence-electron chi connectivity index (χ3n) is 1.38. The van der Waals surface area contributed by atoms with Crippen molar-refractivity contribution in [3.63, 3.8) is 0 Å². The number of hydrogen-bond donors (Lipinski definition) is 1. The molecule has 0 aliphatic carbocycles. The van der Waals surface area contributed by atoms with Crippen LogP contribution in [0.4, 0.5) is 0 Å². The minimum atomic E-state index is 0.0756. The van der Waals surface area contributed by atoms with E-state index in [2.05, 4.69) is 0 Å². The Morgan fingerprint density at radius 3 is 2.77 bits per heavy atom. The first kappa shape index (κ1) is 9.55. The molecule has 2 nitrogen and oxygen atoms in total. The molecule has 0 unspecified atom stereocenters. The van der Waals surface area contributed by atoms with Gasteiger partial charge in [0, 0.05) is 0 Å². The summed E-state index contributed by atoms with van der Waals surface area (Å²) in [5, 5.41) is 8.42. The van der Waals surface area contributed by atoms with Crippen LogP contribution in [0.1, 0.15) is 5.76 Å². The van der Waals surface area contributed by atoms with E-state index >= 15 is 0 Å². The van der Waals surface area contributed by atoms with E-state index in [-0.39, 0.29) is 6.61 Å².